The molecule has 2 N–H and O–H groups in total. The minimum Gasteiger partial charge on any atom is -0.384 e. The lowest BCUT2D eigenvalue weighted by Crippen LogP contribution is -2.48. The van der Waals surface area contributed by atoms with E-state index in [2.05, 4.69) is 10.6 Å². The van der Waals surface area contributed by atoms with Crippen molar-refractivity contribution in [3.8, 4) is 0 Å². The fourth-order valence-corrected chi connectivity index (χ4v) is 4.37. The number of sulfone groups is 1. The van der Waals surface area contributed by atoms with Gasteiger partial charge in [-0.1, -0.05) is 13.8 Å². The number of carbonyl (C=O) groups is 1. The first kappa shape index (κ1) is 18.4. The van der Waals surface area contributed by atoms with Crippen LogP contribution in [0.1, 0.15) is 26.7 Å². The molecule has 21 heavy (non-hydrogen) atoms. The second-order valence-electron chi connectivity index (χ2n) is 6.41. The SMILES string of the molecule is COCC1(CNC(=O)CS(=O)(=O)CC(C)C)CCNCC1. The van der Waals surface area contributed by atoms with E-state index in [1.165, 1.54) is 0 Å². The minimum atomic E-state index is -3.32. The summed E-state index contributed by atoms with van der Waals surface area (Å²) in [6.07, 6.45) is 1.83. The zero-order chi connectivity index (χ0) is 15.9. The van der Waals surface area contributed by atoms with Gasteiger partial charge in [0, 0.05) is 19.1 Å². The highest BCUT2D eigenvalue weighted by Gasteiger charge is 2.32. The topological polar surface area (TPSA) is 84.5 Å². The van der Waals surface area contributed by atoms with Crippen LogP contribution in [0.15, 0.2) is 0 Å². The van der Waals surface area contributed by atoms with Crippen LogP contribution in [-0.2, 0) is 19.4 Å². The predicted octanol–water partition coefficient (Wildman–Crippen LogP) is 0.190. The van der Waals surface area contributed by atoms with Crippen molar-refractivity contribution in [1.82, 2.24) is 10.6 Å². The predicted molar refractivity (Wildman–Crippen MR) is 82.9 cm³/mol. The zero-order valence-corrected chi connectivity index (χ0v) is 14.1. The maximum atomic E-state index is 11.9. The molecule has 1 aliphatic rings. The lowest BCUT2D eigenvalue weighted by Gasteiger charge is -2.37. The summed E-state index contributed by atoms with van der Waals surface area (Å²) in [4.78, 5) is 11.9. The normalized spacial score (nSPS) is 18.7. The number of ether oxygens (including phenoxy) is 1. The average molecular weight is 320 g/mol. The quantitative estimate of drug-likeness (QED) is 0.667. The molecular formula is C14H28N2O4S. The molecule has 0 aromatic heterocycles. The molecule has 1 fully saturated rings. The summed E-state index contributed by atoms with van der Waals surface area (Å²) < 4.78 is 28.9. The number of hydrogen-bond donors (Lipinski definition) is 2. The van der Waals surface area contributed by atoms with Crippen molar-refractivity contribution in [3.63, 3.8) is 0 Å². The van der Waals surface area contributed by atoms with Crippen molar-refractivity contribution in [1.29, 1.82) is 0 Å². The first-order chi connectivity index (χ1) is 9.79. The molecule has 1 saturated heterocycles. The van der Waals surface area contributed by atoms with Crippen LogP contribution in [0.25, 0.3) is 0 Å². The van der Waals surface area contributed by atoms with Gasteiger partial charge in [0.15, 0.2) is 9.84 Å². The van der Waals surface area contributed by atoms with Gasteiger partial charge in [0.25, 0.3) is 0 Å². The Bertz CT molecular complexity index is 423. The lowest BCUT2D eigenvalue weighted by molar-refractivity contribution is -0.119. The molecule has 1 heterocycles. The van der Waals surface area contributed by atoms with Crippen LogP contribution < -0.4 is 10.6 Å². The first-order valence-electron chi connectivity index (χ1n) is 7.45. The molecule has 0 atom stereocenters. The van der Waals surface area contributed by atoms with Crippen LogP contribution in [0.5, 0.6) is 0 Å². The standard InChI is InChI=1S/C14H28N2O4S/c1-12(2)8-21(18,19)9-13(17)16-10-14(11-20-3)4-6-15-7-5-14/h12,15H,4-11H2,1-3H3,(H,16,17). The molecule has 0 radical (unpaired) electrons. The zero-order valence-electron chi connectivity index (χ0n) is 13.3. The van der Waals surface area contributed by atoms with Crippen molar-refractivity contribution in [2.24, 2.45) is 11.3 Å². The fraction of sp³-hybridized carbons (Fsp3) is 0.929. The van der Waals surface area contributed by atoms with Crippen LogP contribution in [0.2, 0.25) is 0 Å². The summed E-state index contributed by atoms with van der Waals surface area (Å²) in [5, 5.41) is 6.06. The van der Waals surface area contributed by atoms with Gasteiger partial charge in [0.1, 0.15) is 5.75 Å². The van der Waals surface area contributed by atoms with Crippen molar-refractivity contribution >= 4 is 15.7 Å². The number of piperidine rings is 1. The highest BCUT2D eigenvalue weighted by atomic mass is 32.2. The van der Waals surface area contributed by atoms with Gasteiger partial charge in [0.05, 0.1) is 12.4 Å². The van der Waals surface area contributed by atoms with E-state index in [0.29, 0.717) is 13.2 Å². The highest BCUT2D eigenvalue weighted by molar-refractivity contribution is 7.92. The van der Waals surface area contributed by atoms with E-state index < -0.39 is 21.5 Å². The average Bonchev–Trinajstić information content (AvgIpc) is 2.36. The highest BCUT2D eigenvalue weighted by Crippen LogP contribution is 2.28. The Balaban J connectivity index is 2.50. The Morgan fingerprint density at radius 3 is 2.48 bits per heavy atom. The van der Waals surface area contributed by atoms with Crippen LogP contribution in [0, 0.1) is 11.3 Å². The lowest BCUT2D eigenvalue weighted by atomic mass is 9.79. The molecule has 7 heteroatoms. The van der Waals surface area contributed by atoms with E-state index in [9.17, 15) is 13.2 Å². The summed E-state index contributed by atoms with van der Waals surface area (Å²) in [7, 11) is -1.67. The monoisotopic (exact) mass is 320 g/mol. The third-order valence-electron chi connectivity index (χ3n) is 3.71. The Morgan fingerprint density at radius 2 is 1.95 bits per heavy atom. The van der Waals surface area contributed by atoms with Gasteiger partial charge in [-0.25, -0.2) is 8.42 Å². The molecule has 1 aliphatic heterocycles. The third-order valence-corrected chi connectivity index (χ3v) is 5.59. The third kappa shape index (κ3) is 6.76. The minimum absolute atomic E-state index is 0.0343. The maximum Gasteiger partial charge on any atom is 0.235 e. The van der Waals surface area contributed by atoms with Gasteiger partial charge in [-0.05, 0) is 31.8 Å². The molecule has 0 saturated carbocycles. The second kappa shape index (κ2) is 8.10. The summed E-state index contributed by atoms with van der Waals surface area (Å²) >= 11 is 0. The fourth-order valence-electron chi connectivity index (χ4n) is 2.74. The van der Waals surface area contributed by atoms with Crippen LogP contribution in [0.3, 0.4) is 0 Å². The van der Waals surface area contributed by atoms with Gasteiger partial charge in [-0.15, -0.1) is 0 Å². The van der Waals surface area contributed by atoms with E-state index in [1.807, 2.05) is 13.8 Å². The number of methoxy groups -OCH3 is 1. The van der Waals surface area contributed by atoms with Gasteiger partial charge in [-0.3, -0.25) is 4.79 Å². The van der Waals surface area contributed by atoms with Crippen molar-refractivity contribution in [3.05, 3.63) is 0 Å². The first-order valence-corrected chi connectivity index (χ1v) is 9.27. The Hall–Kier alpha value is -0.660. The van der Waals surface area contributed by atoms with E-state index in [1.54, 1.807) is 7.11 Å². The summed E-state index contributed by atoms with van der Waals surface area (Å²) in [6, 6.07) is 0. The van der Waals surface area contributed by atoms with Crippen molar-refractivity contribution in [2.45, 2.75) is 26.7 Å². The van der Waals surface area contributed by atoms with Gasteiger partial charge in [0.2, 0.25) is 5.91 Å². The Morgan fingerprint density at radius 1 is 1.33 bits per heavy atom. The molecule has 0 aliphatic carbocycles. The van der Waals surface area contributed by atoms with Gasteiger partial charge < -0.3 is 15.4 Å². The number of carbonyl (C=O) groups excluding carboxylic acids is 1. The van der Waals surface area contributed by atoms with E-state index in [-0.39, 0.29) is 17.1 Å². The van der Waals surface area contributed by atoms with E-state index >= 15 is 0 Å². The number of nitrogens with one attached hydrogen (secondary N) is 2. The molecule has 0 spiro atoms. The number of rotatable bonds is 8. The summed E-state index contributed by atoms with van der Waals surface area (Å²) in [5.74, 6) is -0.753. The summed E-state index contributed by atoms with van der Waals surface area (Å²) in [6.45, 7) is 6.50. The molecule has 6 nitrogen and oxygen atoms in total. The summed E-state index contributed by atoms with van der Waals surface area (Å²) in [5.41, 5.74) is -0.0858. The smallest absolute Gasteiger partial charge is 0.235 e. The second-order valence-corrected chi connectivity index (χ2v) is 8.52. The largest absolute Gasteiger partial charge is 0.384 e. The molecule has 1 amide bonds. The number of hydrogen-bond acceptors (Lipinski definition) is 5. The van der Waals surface area contributed by atoms with E-state index in [4.69, 9.17) is 4.74 Å². The maximum absolute atomic E-state index is 11.9. The van der Waals surface area contributed by atoms with Crippen molar-refractivity contribution < 1.29 is 17.9 Å². The van der Waals surface area contributed by atoms with E-state index in [0.717, 1.165) is 25.9 Å². The molecule has 0 aromatic carbocycles. The van der Waals surface area contributed by atoms with Gasteiger partial charge >= 0.3 is 0 Å². The van der Waals surface area contributed by atoms with Crippen LogP contribution in [-0.4, -0.2) is 59.2 Å². The molecule has 1 rings (SSSR count). The Labute approximate surface area is 127 Å². The molecule has 0 unspecified atom stereocenters. The Kier molecular flexibility index (Phi) is 7.09. The van der Waals surface area contributed by atoms with Gasteiger partial charge in [-0.2, -0.15) is 0 Å². The number of amides is 1. The molecule has 124 valence electrons. The molecule has 0 aromatic rings. The molecular weight excluding hydrogens is 292 g/mol. The van der Waals surface area contributed by atoms with Crippen LogP contribution >= 0.6 is 0 Å². The molecule has 0 bridgehead atoms. The van der Waals surface area contributed by atoms with Crippen molar-refractivity contribution in [2.75, 3.05) is 44.9 Å². The van der Waals surface area contributed by atoms with Crippen LogP contribution in [0.4, 0.5) is 0 Å².